The number of halogens is 5. The highest BCUT2D eigenvalue weighted by Crippen LogP contribution is 2.54. The van der Waals surface area contributed by atoms with Crippen LogP contribution in [0.5, 0.6) is 11.5 Å². The Morgan fingerprint density at radius 1 is 1.21 bits per heavy atom. The summed E-state index contributed by atoms with van der Waals surface area (Å²) in [6.07, 6.45) is -5.58. The van der Waals surface area contributed by atoms with Gasteiger partial charge >= 0.3 is 12.1 Å². The largest absolute Gasteiger partial charge is 0.493 e. The van der Waals surface area contributed by atoms with Crippen molar-refractivity contribution in [1.29, 1.82) is 0 Å². The van der Waals surface area contributed by atoms with E-state index in [0.717, 1.165) is 17.8 Å². The lowest BCUT2D eigenvalue weighted by atomic mass is 10.0. The van der Waals surface area contributed by atoms with Crippen molar-refractivity contribution in [2.24, 2.45) is 0 Å². The molecule has 0 aliphatic carbocycles. The van der Waals surface area contributed by atoms with E-state index in [9.17, 15) is 23.1 Å². The van der Waals surface area contributed by atoms with E-state index >= 15 is 4.39 Å². The number of aromatic nitrogens is 3. The van der Waals surface area contributed by atoms with Gasteiger partial charge in [0, 0.05) is 10.6 Å². The van der Waals surface area contributed by atoms with Gasteiger partial charge < -0.3 is 14.6 Å². The fraction of sp³-hybridized carbons (Fsp3) is 0.286. The zero-order valence-electron chi connectivity index (χ0n) is 17.6. The second-order valence-electron chi connectivity index (χ2n) is 7.23. The fourth-order valence-corrected chi connectivity index (χ4v) is 5.60. The molecule has 13 heteroatoms. The summed E-state index contributed by atoms with van der Waals surface area (Å²) in [6, 6.07) is 7.11. The highest BCUT2D eigenvalue weighted by Gasteiger charge is 2.44. The fourth-order valence-electron chi connectivity index (χ4n) is 3.89. The first-order valence-corrected chi connectivity index (χ1v) is 11.0. The zero-order valence-corrected chi connectivity index (χ0v) is 19.1. The number of hydrogen-bond donors (Lipinski definition) is 1. The molecule has 0 fully saturated rings. The van der Waals surface area contributed by atoms with Crippen molar-refractivity contribution in [1.82, 2.24) is 14.8 Å². The minimum absolute atomic E-state index is 0.0522. The quantitative estimate of drug-likeness (QED) is 0.450. The Hall–Kier alpha value is -2.99. The molecule has 0 amide bonds. The Labute approximate surface area is 199 Å². The molecule has 0 radical (unpaired) electrons. The number of hydrogen-bond acceptors (Lipinski definition) is 6. The molecule has 2 aromatic carbocycles. The number of thioether (sulfide) groups is 1. The van der Waals surface area contributed by atoms with Crippen LogP contribution in [0.3, 0.4) is 0 Å². The number of nitrogens with zero attached hydrogens (tertiary/aromatic N) is 3. The Balaban J connectivity index is 2.09. The lowest BCUT2D eigenvalue weighted by Gasteiger charge is -2.23. The maximum absolute atomic E-state index is 15.3. The predicted octanol–water partition coefficient (Wildman–Crippen LogP) is 5.45. The molecule has 1 aromatic heterocycles. The number of aliphatic carboxylic acids is 1. The average molecular weight is 518 g/mol. The second kappa shape index (κ2) is 8.99. The van der Waals surface area contributed by atoms with Gasteiger partial charge in [-0.05, 0) is 23.8 Å². The maximum Gasteiger partial charge on any atom is 0.452 e. The Morgan fingerprint density at radius 2 is 1.94 bits per heavy atom. The average Bonchev–Trinajstić information content (AvgIpc) is 3.15. The van der Waals surface area contributed by atoms with Gasteiger partial charge in [0.15, 0.2) is 17.3 Å². The van der Waals surface area contributed by atoms with Crippen LogP contribution in [0.15, 0.2) is 30.3 Å². The third kappa shape index (κ3) is 4.16. The summed E-state index contributed by atoms with van der Waals surface area (Å²) >= 11 is 7.09. The lowest BCUT2D eigenvalue weighted by molar-refractivity contribution is -0.146. The third-order valence-electron chi connectivity index (χ3n) is 5.17. The van der Waals surface area contributed by atoms with E-state index in [1.807, 2.05) is 0 Å². The van der Waals surface area contributed by atoms with Gasteiger partial charge in [-0.25, -0.2) is 4.39 Å². The van der Waals surface area contributed by atoms with E-state index in [1.54, 1.807) is 18.2 Å². The topological polar surface area (TPSA) is 86.5 Å². The summed E-state index contributed by atoms with van der Waals surface area (Å²) in [6.45, 7) is 0. The normalized spacial score (nSPS) is 17.5. The van der Waals surface area contributed by atoms with Gasteiger partial charge in [0.05, 0.1) is 36.8 Å². The molecule has 2 atom stereocenters. The van der Waals surface area contributed by atoms with E-state index < -0.39 is 46.4 Å². The van der Waals surface area contributed by atoms with Gasteiger partial charge in [-0.1, -0.05) is 23.7 Å². The Kier molecular flexibility index (Phi) is 6.38. The van der Waals surface area contributed by atoms with Crippen molar-refractivity contribution in [3.63, 3.8) is 0 Å². The Morgan fingerprint density at radius 3 is 2.56 bits per heavy atom. The second-order valence-corrected chi connectivity index (χ2v) is 8.97. The molecule has 1 N–H and O–H groups in total. The monoisotopic (exact) mass is 517 g/mol. The van der Waals surface area contributed by atoms with Crippen LogP contribution in [0.1, 0.15) is 39.7 Å². The van der Waals surface area contributed by atoms with Gasteiger partial charge in [0.1, 0.15) is 5.82 Å². The van der Waals surface area contributed by atoms with Crippen molar-refractivity contribution in [3.05, 3.63) is 63.9 Å². The minimum atomic E-state index is -4.99. The van der Waals surface area contributed by atoms with Crippen LogP contribution in [0.25, 0.3) is 5.69 Å². The summed E-state index contributed by atoms with van der Waals surface area (Å²) in [5, 5.41) is 14.3. The van der Waals surface area contributed by atoms with Gasteiger partial charge in [0.25, 0.3) is 0 Å². The Bertz CT molecular complexity index is 1270. The summed E-state index contributed by atoms with van der Waals surface area (Å²) in [4.78, 5) is 11.6. The zero-order chi connectivity index (χ0) is 24.8. The molecule has 1 aliphatic rings. The van der Waals surface area contributed by atoms with Crippen molar-refractivity contribution in [3.8, 4) is 17.2 Å². The first kappa shape index (κ1) is 24.1. The summed E-state index contributed by atoms with van der Waals surface area (Å²) in [5.74, 6) is -3.54. The highest BCUT2D eigenvalue weighted by atomic mass is 35.5. The van der Waals surface area contributed by atoms with Crippen molar-refractivity contribution >= 4 is 29.3 Å². The van der Waals surface area contributed by atoms with Crippen molar-refractivity contribution in [2.75, 3.05) is 14.2 Å². The third-order valence-corrected chi connectivity index (χ3v) is 6.87. The molecule has 0 spiro atoms. The number of methoxy groups -OCH3 is 2. The van der Waals surface area contributed by atoms with Crippen molar-refractivity contribution < 1.29 is 36.9 Å². The molecule has 0 saturated carbocycles. The number of para-hydroxylation sites is 1. The van der Waals surface area contributed by atoms with Gasteiger partial charge in [-0.2, -0.15) is 13.2 Å². The molecular formula is C21H16ClF4N3O4S. The summed E-state index contributed by atoms with van der Waals surface area (Å²) < 4.78 is 68.2. The van der Waals surface area contributed by atoms with Gasteiger partial charge in [-0.15, -0.1) is 22.0 Å². The summed E-state index contributed by atoms with van der Waals surface area (Å²) in [7, 11) is 2.80. The molecule has 180 valence electrons. The maximum atomic E-state index is 15.3. The van der Waals surface area contributed by atoms with Crippen LogP contribution in [-0.4, -0.2) is 40.1 Å². The van der Waals surface area contributed by atoms with Crippen LogP contribution in [-0.2, 0) is 11.0 Å². The number of carbonyl (C=O) groups is 1. The molecule has 1 aliphatic heterocycles. The number of fused-ring (bicyclic) bond motifs is 3. The van der Waals surface area contributed by atoms with Crippen LogP contribution < -0.4 is 9.47 Å². The highest BCUT2D eigenvalue weighted by molar-refractivity contribution is 8.00. The lowest BCUT2D eigenvalue weighted by Crippen LogP contribution is -2.18. The van der Waals surface area contributed by atoms with E-state index in [4.69, 9.17) is 21.1 Å². The molecule has 2 heterocycles. The van der Waals surface area contributed by atoms with Crippen LogP contribution in [0.2, 0.25) is 5.02 Å². The molecule has 7 nitrogen and oxygen atoms in total. The van der Waals surface area contributed by atoms with E-state index in [2.05, 4.69) is 10.2 Å². The summed E-state index contributed by atoms with van der Waals surface area (Å²) in [5.41, 5.74) is 0.0328. The number of benzene rings is 2. The van der Waals surface area contributed by atoms with Crippen LogP contribution >= 0.6 is 23.4 Å². The molecule has 4 rings (SSSR count). The number of carboxylic acid groups (broad SMARTS) is 1. The molecule has 0 unspecified atom stereocenters. The number of ether oxygens (including phenoxy) is 2. The first-order valence-electron chi connectivity index (χ1n) is 9.66. The van der Waals surface area contributed by atoms with Crippen LogP contribution in [0, 0.1) is 5.82 Å². The molecule has 3 aromatic rings. The minimum Gasteiger partial charge on any atom is -0.493 e. The standard InChI is InChI=1S/C21H16ClF4N3O4S/c1-32-13-5-3-4-10(17(13)33-2)18-11-6-9(22)7-12(23)16(11)29-19(14(34-18)8-15(30)31)27-28-20(29)21(24,25)26/h3-7,14,18H,8H2,1-2H3,(H,30,31)/t14-,18-/m0/s1. The van der Waals surface area contributed by atoms with Gasteiger partial charge in [0.2, 0.25) is 5.82 Å². The van der Waals surface area contributed by atoms with E-state index in [0.29, 0.717) is 15.9 Å². The predicted molar refractivity (Wildman–Crippen MR) is 115 cm³/mol. The first-order chi connectivity index (χ1) is 16.1. The molecule has 0 bridgehead atoms. The number of carboxylic acids is 1. The molecule has 0 saturated heterocycles. The molecule has 34 heavy (non-hydrogen) atoms. The van der Waals surface area contributed by atoms with E-state index in [-0.39, 0.29) is 22.2 Å². The smallest absolute Gasteiger partial charge is 0.452 e. The number of rotatable bonds is 5. The molecular weight excluding hydrogens is 502 g/mol. The van der Waals surface area contributed by atoms with E-state index in [1.165, 1.54) is 20.3 Å². The SMILES string of the molecule is COc1cccc([C@@H]2S[C@@H](CC(=O)O)c3nnc(C(F)(F)F)n3-c3c(F)cc(Cl)cc32)c1OC. The number of alkyl halides is 3. The van der Waals surface area contributed by atoms with Crippen molar-refractivity contribution in [2.45, 2.75) is 23.1 Å². The van der Waals surface area contributed by atoms with Gasteiger partial charge in [-0.3, -0.25) is 9.36 Å². The van der Waals surface area contributed by atoms with Crippen LogP contribution in [0.4, 0.5) is 17.6 Å².